The average molecular weight is 574 g/mol. The van der Waals surface area contributed by atoms with Crippen LogP contribution in [0.1, 0.15) is 59.4 Å². The van der Waals surface area contributed by atoms with Gasteiger partial charge < -0.3 is 20.4 Å². The number of carbonyl (C=O) groups excluding carboxylic acids is 4. The van der Waals surface area contributed by atoms with Crippen LogP contribution in [0, 0.1) is 11.7 Å². The Morgan fingerprint density at radius 1 is 1.10 bits per heavy atom. The lowest BCUT2D eigenvalue weighted by atomic mass is 10.0. The first-order valence-corrected chi connectivity index (χ1v) is 14.5. The van der Waals surface area contributed by atoms with E-state index in [0.29, 0.717) is 44.3 Å². The third-order valence-corrected chi connectivity index (χ3v) is 8.12. The number of rotatable bonds is 2. The van der Waals surface area contributed by atoms with Gasteiger partial charge >= 0.3 is 0 Å². The van der Waals surface area contributed by atoms with Crippen LogP contribution in [0.5, 0.6) is 0 Å². The Bertz CT molecular complexity index is 1500. The van der Waals surface area contributed by atoms with Crippen LogP contribution in [0.15, 0.2) is 54.9 Å². The Labute approximate surface area is 244 Å². The van der Waals surface area contributed by atoms with Crippen LogP contribution < -0.4 is 10.6 Å². The Hall–Kier alpha value is -4.34. The van der Waals surface area contributed by atoms with E-state index < -0.39 is 23.8 Å². The molecule has 0 radical (unpaired) electrons. The lowest BCUT2D eigenvalue weighted by Crippen LogP contribution is -2.54. The molecule has 2 aromatic carbocycles. The monoisotopic (exact) mass is 573 g/mol. The number of hydrogen-bond donors (Lipinski definition) is 2. The molecule has 1 saturated heterocycles. The Kier molecular flexibility index (Phi) is 8.80. The topological polar surface area (TPSA) is 112 Å². The molecule has 3 heterocycles. The Balaban J connectivity index is 1.48. The minimum atomic E-state index is -0.754. The standard InChI is InChI=1S/C32H36FN5O4/c1-20(2)27-18-37(31(41)24-8-3-7-22-17-34-14-12-23(22)24)19-29(39)35-13-4-6-21-10-11-26(33)25(16-21)32(42)38-15-5-9-28(38)30(40)36-27/h3,7-8,10-12,14,16-17,20,27-28H,4-6,9,13,15,18-19H2,1-2H3,(H,35,39)(H,36,40)/t27-,28-/m0/s1. The third kappa shape index (κ3) is 6.27. The van der Waals surface area contributed by atoms with E-state index in [2.05, 4.69) is 15.6 Å². The molecule has 42 heavy (non-hydrogen) atoms. The van der Waals surface area contributed by atoms with Gasteiger partial charge in [-0.25, -0.2) is 4.39 Å². The first-order chi connectivity index (χ1) is 20.2. The molecule has 1 fully saturated rings. The summed E-state index contributed by atoms with van der Waals surface area (Å²) in [4.78, 5) is 61.2. The van der Waals surface area contributed by atoms with Gasteiger partial charge in [-0.05, 0) is 66.8 Å². The highest BCUT2D eigenvalue weighted by atomic mass is 19.1. The number of aryl methyl sites for hydroxylation is 1. The van der Waals surface area contributed by atoms with Crippen LogP contribution in [0.4, 0.5) is 4.39 Å². The maximum Gasteiger partial charge on any atom is 0.257 e. The van der Waals surface area contributed by atoms with Crippen molar-refractivity contribution in [3.63, 3.8) is 0 Å². The first kappa shape index (κ1) is 29.2. The van der Waals surface area contributed by atoms with Crippen molar-refractivity contribution in [3.05, 3.63) is 77.4 Å². The van der Waals surface area contributed by atoms with Crippen molar-refractivity contribution in [3.8, 4) is 0 Å². The fourth-order valence-electron chi connectivity index (χ4n) is 5.72. The van der Waals surface area contributed by atoms with E-state index in [4.69, 9.17) is 0 Å². The zero-order valence-corrected chi connectivity index (χ0v) is 23.9. The summed E-state index contributed by atoms with van der Waals surface area (Å²) in [6.07, 6.45) is 5.47. The molecule has 0 saturated carbocycles. The van der Waals surface area contributed by atoms with Crippen LogP contribution in [-0.2, 0) is 16.0 Å². The molecule has 10 heteroatoms. The van der Waals surface area contributed by atoms with Gasteiger partial charge in [0.2, 0.25) is 11.8 Å². The summed E-state index contributed by atoms with van der Waals surface area (Å²) in [5, 5.41) is 7.46. The first-order valence-electron chi connectivity index (χ1n) is 14.5. The summed E-state index contributed by atoms with van der Waals surface area (Å²) in [7, 11) is 0. The van der Waals surface area contributed by atoms with E-state index in [1.807, 2.05) is 19.9 Å². The second kappa shape index (κ2) is 12.7. The predicted octanol–water partition coefficient (Wildman–Crippen LogP) is 3.32. The van der Waals surface area contributed by atoms with Crippen molar-refractivity contribution in [2.24, 2.45) is 5.92 Å². The molecule has 0 aliphatic carbocycles. The number of carbonyl (C=O) groups is 4. The van der Waals surface area contributed by atoms with Gasteiger partial charge in [0, 0.05) is 49.0 Å². The molecule has 1 aromatic heterocycles. The Morgan fingerprint density at radius 2 is 1.93 bits per heavy atom. The zero-order valence-electron chi connectivity index (χ0n) is 23.9. The summed E-state index contributed by atoms with van der Waals surface area (Å²) >= 11 is 0. The zero-order chi connectivity index (χ0) is 29.8. The van der Waals surface area contributed by atoms with E-state index in [9.17, 15) is 23.6 Å². The second-order valence-electron chi connectivity index (χ2n) is 11.4. The summed E-state index contributed by atoms with van der Waals surface area (Å²) in [6, 6.07) is 10.3. The van der Waals surface area contributed by atoms with Gasteiger partial charge in [-0.2, -0.15) is 0 Å². The quantitative estimate of drug-likeness (QED) is 0.489. The number of benzene rings is 2. The highest BCUT2D eigenvalue weighted by Gasteiger charge is 2.37. The molecule has 2 aliphatic rings. The molecule has 2 N–H and O–H groups in total. The smallest absolute Gasteiger partial charge is 0.257 e. The second-order valence-corrected chi connectivity index (χ2v) is 11.4. The van der Waals surface area contributed by atoms with E-state index in [-0.39, 0.29) is 42.3 Å². The number of halogens is 1. The molecule has 9 nitrogen and oxygen atoms in total. The number of amides is 4. The SMILES string of the molecule is CC(C)[C@@H]1CN(C(=O)c2cccc3cnccc23)CC(=O)NCCCc2ccc(F)c(c2)C(=O)N2CCC[C@H]2C(=O)N1. The lowest BCUT2D eigenvalue weighted by molar-refractivity contribution is -0.126. The average Bonchev–Trinajstić information content (AvgIpc) is 3.48. The van der Waals surface area contributed by atoms with Crippen molar-refractivity contribution in [1.82, 2.24) is 25.4 Å². The fourth-order valence-corrected chi connectivity index (χ4v) is 5.72. The number of hydrogen-bond acceptors (Lipinski definition) is 5. The summed E-state index contributed by atoms with van der Waals surface area (Å²) < 4.78 is 14.8. The molecule has 2 aliphatic heterocycles. The maximum absolute atomic E-state index is 14.8. The van der Waals surface area contributed by atoms with E-state index in [1.165, 1.54) is 15.9 Å². The molecule has 3 aromatic rings. The molecular formula is C32H36FN5O4. The largest absolute Gasteiger partial charge is 0.355 e. The number of aromatic nitrogens is 1. The van der Waals surface area contributed by atoms with E-state index >= 15 is 0 Å². The van der Waals surface area contributed by atoms with Crippen molar-refractivity contribution in [1.29, 1.82) is 0 Å². The highest BCUT2D eigenvalue weighted by Crippen LogP contribution is 2.24. The molecule has 4 amide bonds. The molecule has 0 unspecified atom stereocenters. The van der Waals surface area contributed by atoms with Crippen molar-refractivity contribution in [2.75, 3.05) is 26.2 Å². The number of nitrogens with one attached hydrogen (secondary N) is 2. The van der Waals surface area contributed by atoms with Gasteiger partial charge in [0.1, 0.15) is 11.9 Å². The van der Waals surface area contributed by atoms with Crippen molar-refractivity contribution >= 4 is 34.4 Å². The van der Waals surface area contributed by atoms with Crippen LogP contribution >= 0.6 is 0 Å². The highest BCUT2D eigenvalue weighted by molar-refractivity contribution is 6.07. The molecular weight excluding hydrogens is 537 g/mol. The fraction of sp³-hybridized carbons (Fsp3) is 0.406. The predicted molar refractivity (Wildman–Crippen MR) is 156 cm³/mol. The summed E-state index contributed by atoms with van der Waals surface area (Å²) in [5.41, 5.74) is 1.15. The van der Waals surface area contributed by atoms with E-state index in [1.54, 1.807) is 42.7 Å². The molecule has 5 rings (SSSR count). The van der Waals surface area contributed by atoms with Gasteiger partial charge in [-0.15, -0.1) is 0 Å². The van der Waals surface area contributed by atoms with Crippen LogP contribution in [-0.4, -0.2) is 76.7 Å². The van der Waals surface area contributed by atoms with E-state index in [0.717, 1.165) is 16.3 Å². The van der Waals surface area contributed by atoms with Crippen molar-refractivity contribution in [2.45, 2.75) is 51.6 Å². The molecule has 220 valence electrons. The van der Waals surface area contributed by atoms with Crippen LogP contribution in [0.2, 0.25) is 0 Å². The minimum Gasteiger partial charge on any atom is -0.355 e. The minimum absolute atomic E-state index is 0.0528. The molecule has 2 atom stereocenters. The normalized spacial score (nSPS) is 20.7. The van der Waals surface area contributed by atoms with Crippen molar-refractivity contribution < 1.29 is 23.6 Å². The summed E-state index contributed by atoms with van der Waals surface area (Å²) in [5.74, 6) is -2.23. The van der Waals surface area contributed by atoms with Crippen LogP contribution in [0.25, 0.3) is 10.8 Å². The summed E-state index contributed by atoms with van der Waals surface area (Å²) in [6.45, 7) is 4.46. The number of pyridine rings is 1. The van der Waals surface area contributed by atoms with Gasteiger partial charge in [0.05, 0.1) is 12.1 Å². The third-order valence-electron chi connectivity index (χ3n) is 8.12. The number of fused-ring (bicyclic) bond motifs is 4. The van der Waals surface area contributed by atoms with Gasteiger partial charge in [-0.3, -0.25) is 24.2 Å². The van der Waals surface area contributed by atoms with Gasteiger partial charge in [-0.1, -0.05) is 32.0 Å². The molecule has 2 bridgehead atoms. The number of nitrogens with zero attached hydrogens (tertiary/aromatic N) is 3. The van der Waals surface area contributed by atoms with Crippen LogP contribution in [0.3, 0.4) is 0 Å². The lowest BCUT2D eigenvalue weighted by Gasteiger charge is -2.32. The maximum atomic E-state index is 14.8. The van der Waals surface area contributed by atoms with Gasteiger partial charge in [0.25, 0.3) is 11.8 Å². The van der Waals surface area contributed by atoms with Gasteiger partial charge in [0.15, 0.2) is 0 Å². The molecule has 0 spiro atoms. The Morgan fingerprint density at radius 3 is 2.74 bits per heavy atom.